The highest BCUT2D eigenvalue weighted by Gasteiger charge is 2.06. The average Bonchev–Trinajstić information content (AvgIpc) is 2.68. The van der Waals surface area contributed by atoms with Gasteiger partial charge in [0.2, 0.25) is 0 Å². The molecule has 0 aromatic heterocycles. The van der Waals surface area contributed by atoms with E-state index in [4.69, 9.17) is 18.9 Å². The molecule has 0 aliphatic rings. The van der Waals surface area contributed by atoms with Crippen molar-refractivity contribution in [2.75, 3.05) is 54.2 Å². The number of methoxy groups -OCH3 is 2. The number of nitrogens with zero attached hydrogens (tertiary/aromatic N) is 1. The summed E-state index contributed by atoms with van der Waals surface area (Å²) in [7, 11) is 5.08. The van der Waals surface area contributed by atoms with Crippen molar-refractivity contribution in [3.63, 3.8) is 0 Å². The molecule has 0 spiro atoms. The van der Waals surface area contributed by atoms with Crippen LogP contribution in [0.2, 0.25) is 0 Å². The molecule has 26 heavy (non-hydrogen) atoms. The molecule has 7 nitrogen and oxygen atoms in total. The molecule has 2 N–H and O–H groups in total. The molecule has 0 saturated heterocycles. The fourth-order valence-electron chi connectivity index (χ4n) is 2.18. The number of ether oxygens (including phenoxy) is 4. The number of hydrogen-bond acceptors (Lipinski definition) is 5. The van der Waals surface area contributed by atoms with E-state index in [2.05, 4.69) is 22.5 Å². The Morgan fingerprint density at radius 1 is 1.04 bits per heavy atom. The molecule has 0 heterocycles. The molecule has 0 aliphatic carbocycles. The van der Waals surface area contributed by atoms with Gasteiger partial charge in [-0.2, -0.15) is 0 Å². The SMILES string of the molecule is CCCOc1ccc(CNC(=NC)NCCCOCCOC)cc1OC. The maximum absolute atomic E-state index is 5.68. The predicted molar refractivity (Wildman–Crippen MR) is 104 cm³/mol. The Hall–Kier alpha value is -1.99. The van der Waals surface area contributed by atoms with E-state index in [0.717, 1.165) is 42.4 Å². The number of guanidine groups is 1. The molecule has 1 rings (SSSR count). The fraction of sp³-hybridized carbons (Fsp3) is 0.632. The van der Waals surface area contributed by atoms with Crippen molar-refractivity contribution in [1.82, 2.24) is 10.6 Å². The first-order valence-electron chi connectivity index (χ1n) is 9.06. The third kappa shape index (κ3) is 8.92. The summed E-state index contributed by atoms with van der Waals surface area (Å²) in [5, 5.41) is 6.56. The highest BCUT2D eigenvalue weighted by Crippen LogP contribution is 2.28. The number of rotatable bonds is 13. The largest absolute Gasteiger partial charge is 0.493 e. The van der Waals surface area contributed by atoms with Crippen LogP contribution in [0.1, 0.15) is 25.3 Å². The lowest BCUT2D eigenvalue weighted by atomic mass is 10.2. The van der Waals surface area contributed by atoms with Crippen LogP contribution in [0, 0.1) is 0 Å². The van der Waals surface area contributed by atoms with Crippen molar-refractivity contribution in [1.29, 1.82) is 0 Å². The monoisotopic (exact) mass is 367 g/mol. The van der Waals surface area contributed by atoms with Crippen LogP contribution in [0.25, 0.3) is 0 Å². The van der Waals surface area contributed by atoms with Gasteiger partial charge in [-0.15, -0.1) is 0 Å². The Bertz CT molecular complexity index is 524. The molecular weight excluding hydrogens is 334 g/mol. The van der Waals surface area contributed by atoms with Crippen LogP contribution in [0.5, 0.6) is 11.5 Å². The van der Waals surface area contributed by atoms with E-state index in [1.165, 1.54) is 0 Å². The molecular formula is C19H33N3O4. The van der Waals surface area contributed by atoms with Gasteiger partial charge in [-0.1, -0.05) is 13.0 Å². The maximum atomic E-state index is 5.68. The second-order valence-corrected chi connectivity index (χ2v) is 5.64. The van der Waals surface area contributed by atoms with Gasteiger partial charge in [0.05, 0.1) is 26.9 Å². The summed E-state index contributed by atoms with van der Waals surface area (Å²) in [5.74, 6) is 2.27. The Labute approximate surface area is 157 Å². The van der Waals surface area contributed by atoms with Gasteiger partial charge >= 0.3 is 0 Å². The topological polar surface area (TPSA) is 73.3 Å². The van der Waals surface area contributed by atoms with Crippen LogP contribution in [-0.4, -0.2) is 60.2 Å². The molecule has 0 radical (unpaired) electrons. The maximum Gasteiger partial charge on any atom is 0.191 e. The Morgan fingerprint density at radius 2 is 1.88 bits per heavy atom. The number of benzene rings is 1. The van der Waals surface area contributed by atoms with Gasteiger partial charge in [0.15, 0.2) is 17.5 Å². The molecule has 148 valence electrons. The average molecular weight is 367 g/mol. The van der Waals surface area contributed by atoms with Gasteiger partial charge < -0.3 is 29.6 Å². The minimum atomic E-state index is 0.627. The van der Waals surface area contributed by atoms with E-state index in [9.17, 15) is 0 Å². The molecule has 7 heteroatoms. The fourth-order valence-corrected chi connectivity index (χ4v) is 2.18. The Kier molecular flexibility index (Phi) is 12.1. The third-order valence-electron chi connectivity index (χ3n) is 3.56. The lowest BCUT2D eigenvalue weighted by molar-refractivity contribution is 0.0698. The van der Waals surface area contributed by atoms with Gasteiger partial charge in [0, 0.05) is 33.9 Å². The molecule has 1 aromatic carbocycles. The standard InChI is InChI=1S/C19H33N3O4/c1-5-10-26-17-8-7-16(14-18(17)24-4)15-22-19(20-2)21-9-6-11-25-13-12-23-3/h7-8,14H,5-6,9-13,15H2,1-4H3,(H2,20,21,22). The Balaban J connectivity index is 2.36. The first-order valence-corrected chi connectivity index (χ1v) is 9.06. The highest BCUT2D eigenvalue weighted by molar-refractivity contribution is 5.79. The quantitative estimate of drug-likeness (QED) is 0.316. The summed E-state index contributed by atoms with van der Waals surface area (Å²) in [5.41, 5.74) is 1.09. The van der Waals surface area contributed by atoms with Crippen LogP contribution in [-0.2, 0) is 16.0 Å². The molecule has 1 aromatic rings. The van der Waals surface area contributed by atoms with Crippen molar-refractivity contribution in [2.24, 2.45) is 4.99 Å². The van der Waals surface area contributed by atoms with Crippen LogP contribution in [0.4, 0.5) is 0 Å². The molecule has 0 amide bonds. The van der Waals surface area contributed by atoms with Gasteiger partial charge in [-0.25, -0.2) is 0 Å². The molecule has 0 bridgehead atoms. The van der Waals surface area contributed by atoms with Crippen molar-refractivity contribution < 1.29 is 18.9 Å². The van der Waals surface area contributed by atoms with E-state index >= 15 is 0 Å². The second-order valence-electron chi connectivity index (χ2n) is 5.64. The van der Waals surface area contributed by atoms with Crippen molar-refractivity contribution in [3.8, 4) is 11.5 Å². The van der Waals surface area contributed by atoms with Crippen molar-refractivity contribution >= 4 is 5.96 Å². The van der Waals surface area contributed by atoms with E-state index in [1.807, 2.05) is 18.2 Å². The summed E-state index contributed by atoms with van der Waals surface area (Å²) in [6.07, 6.45) is 1.87. The normalized spacial score (nSPS) is 11.3. The summed E-state index contributed by atoms with van der Waals surface area (Å²) in [6.45, 7) is 6.15. The molecule has 0 aliphatic heterocycles. The summed E-state index contributed by atoms with van der Waals surface area (Å²) < 4.78 is 21.5. The smallest absolute Gasteiger partial charge is 0.191 e. The number of nitrogens with one attached hydrogen (secondary N) is 2. The summed E-state index contributed by atoms with van der Waals surface area (Å²) in [6, 6.07) is 5.95. The highest BCUT2D eigenvalue weighted by atomic mass is 16.5. The third-order valence-corrected chi connectivity index (χ3v) is 3.56. The zero-order chi connectivity index (χ0) is 19.0. The predicted octanol–water partition coefficient (Wildman–Crippen LogP) is 2.20. The van der Waals surface area contributed by atoms with Gasteiger partial charge in [0.25, 0.3) is 0 Å². The van der Waals surface area contributed by atoms with Crippen molar-refractivity contribution in [3.05, 3.63) is 23.8 Å². The molecule has 0 saturated carbocycles. The first kappa shape index (κ1) is 22.1. The van der Waals surface area contributed by atoms with Crippen LogP contribution in [0.3, 0.4) is 0 Å². The lowest BCUT2D eigenvalue weighted by Gasteiger charge is -2.14. The van der Waals surface area contributed by atoms with E-state index in [0.29, 0.717) is 33.0 Å². The summed E-state index contributed by atoms with van der Waals surface area (Å²) >= 11 is 0. The first-order chi connectivity index (χ1) is 12.7. The van der Waals surface area contributed by atoms with Gasteiger partial charge in [0.1, 0.15) is 0 Å². The van der Waals surface area contributed by atoms with E-state index < -0.39 is 0 Å². The minimum Gasteiger partial charge on any atom is -0.493 e. The van der Waals surface area contributed by atoms with Gasteiger partial charge in [-0.3, -0.25) is 4.99 Å². The van der Waals surface area contributed by atoms with Crippen LogP contribution < -0.4 is 20.1 Å². The van der Waals surface area contributed by atoms with E-state index in [-0.39, 0.29) is 0 Å². The van der Waals surface area contributed by atoms with Crippen LogP contribution in [0.15, 0.2) is 23.2 Å². The number of aliphatic imine (C=N–C) groups is 1. The van der Waals surface area contributed by atoms with Crippen LogP contribution >= 0.6 is 0 Å². The molecule has 0 fully saturated rings. The second kappa shape index (κ2) is 14.2. The lowest BCUT2D eigenvalue weighted by Crippen LogP contribution is -2.37. The molecule has 0 atom stereocenters. The van der Waals surface area contributed by atoms with Gasteiger partial charge in [-0.05, 0) is 30.5 Å². The number of hydrogen-bond donors (Lipinski definition) is 2. The zero-order valence-electron chi connectivity index (χ0n) is 16.5. The van der Waals surface area contributed by atoms with Crippen molar-refractivity contribution in [2.45, 2.75) is 26.3 Å². The molecule has 0 unspecified atom stereocenters. The Morgan fingerprint density at radius 3 is 2.58 bits per heavy atom. The summed E-state index contributed by atoms with van der Waals surface area (Å²) in [4.78, 5) is 4.23. The minimum absolute atomic E-state index is 0.627. The van der Waals surface area contributed by atoms with E-state index in [1.54, 1.807) is 21.3 Å². The zero-order valence-corrected chi connectivity index (χ0v) is 16.5.